The van der Waals surface area contributed by atoms with Crippen LogP contribution in [0.5, 0.6) is 0 Å². The van der Waals surface area contributed by atoms with Crippen molar-refractivity contribution in [1.82, 2.24) is 9.97 Å². The zero-order valence-electron chi connectivity index (χ0n) is 10.3. The zero-order chi connectivity index (χ0) is 13.5. The van der Waals surface area contributed by atoms with Crippen LogP contribution in [0.4, 0.5) is 0 Å². The Morgan fingerprint density at radius 1 is 1.21 bits per heavy atom. The molecule has 19 heavy (non-hydrogen) atoms. The molecule has 0 spiro atoms. The topological polar surface area (TPSA) is 73.4 Å². The Labute approximate surface area is 116 Å². The molecule has 4 nitrogen and oxygen atoms in total. The largest absolute Gasteiger partial charge is 0.236 e. The van der Waals surface area contributed by atoms with Crippen LogP contribution in [0.25, 0.3) is 10.9 Å². The summed E-state index contributed by atoms with van der Waals surface area (Å²) >= 11 is 1.55. The number of rotatable bonds is 5. The van der Waals surface area contributed by atoms with Gasteiger partial charge in [0.15, 0.2) is 0 Å². The highest BCUT2D eigenvalue weighted by Gasteiger charge is 2.10. The molecule has 94 valence electrons. The summed E-state index contributed by atoms with van der Waals surface area (Å²) in [6, 6.07) is 12.1. The van der Waals surface area contributed by atoms with Crippen LogP contribution < -0.4 is 0 Å². The number of benzene rings is 1. The monoisotopic (exact) mass is 268 g/mol. The van der Waals surface area contributed by atoms with Crippen LogP contribution in [-0.2, 0) is 0 Å². The average molecular weight is 268 g/mol. The van der Waals surface area contributed by atoms with Crippen LogP contribution >= 0.6 is 11.8 Å². The number of para-hydroxylation sites is 1. The van der Waals surface area contributed by atoms with Crippen LogP contribution in [0, 0.1) is 28.6 Å². The quantitative estimate of drug-likeness (QED) is 0.615. The molecule has 1 atom stereocenters. The third-order valence-corrected chi connectivity index (χ3v) is 3.88. The van der Waals surface area contributed by atoms with Crippen molar-refractivity contribution in [3.63, 3.8) is 0 Å². The Kier molecular flexibility index (Phi) is 4.72. The van der Waals surface area contributed by atoms with E-state index in [0.29, 0.717) is 18.6 Å². The predicted molar refractivity (Wildman–Crippen MR) is 74.2 cm³/mol. The van der Waals surface area contributed by atoms with Crippen LogP contribution in [0.3, 0.4) is 0 Å². The first-order chi connectivity index (χ1) is 9.35. The minimum atomic E-state index is -0.113. The maximum Gasteiger partial charge on any atom is 0.117 e. The van der Waals surface area contributed by atoms with E-state index in [0.717, 1.165) is 15.9 Å². The summed E-state index contributed by atoms with van der Waals surface area (Å²) in [5, 5.41) is 19.5. The molecule has 2 aromatic rings. The molecular formula is C14H12N4S. The summed E-state index contributed by atoms with van der Waals surface area (Å²) in [7, 11) is 0. The van der Waals surface area contributed by atoms with E-state index in [1.54, 1.807) is 18.1 Å². The lowest BCUT2D eigenvalue weighted by Gasteiger charge is -2.07. The van der Waals surface area contributed by atoms with Gasteiger partial charge in [0.05, 0.1) is 23.6 Å². The molecule has 0 aliphatic carbocycles. The molecule has 1 aromatic carbocycles. The van der Waals surface area contributed by atoms with Crippen LogP contribution in [0.1, 0.15) is 12.8 Å². The van der Waals surface area contributed by atoms with Gasteiger partial charge in [-0.3, -0.25) is 0 Å². The van der Waals surface area contributed by atoms with Gasteiger partial charge in [0, 0.05) is 17.6 Å². The molecule has 2 rings (SSSR count). The highest BCUT2D eigenvalue weighted by molar-refractivity contribution is 7.99. The summed E-state index contributed by atoms with van der Waals surface area (Å²) in [5.41, 5.74) is 0.908. The van der Waals surface area contributed by atoms with E-state index < -0.39 is 0 Å². The fourth-order valence-electron chi connectivity index (χ4n) is 1.70. The van der Waals surface area contributed by atoms with Crippen molar-refractivity contribution in [1.29, 1.82) is 10.5 Å². The number of nitriles is 2. The van der Waals surface area contributed by atoms with Crippen molar-refractivity contribution in [3.05, 3.63) is 30.6 Å². The fourth-order valence-corrected chi connectivity index (χ4v) is 2.75. The lowest BCUT2D eigenvalue weighted by molar-refractivity contribution is 0.685. The number of fused-ring (bicyclic) bond motifs is 1. The van der Waals surface area contributed by atoms with E-state index in [1.165, 1.54) is 0 Å². The number of hydrogen-bond acceptors (Lipinski definition) is 5. The Morgan fingerprint density at radius 2 is 2.05 bits per heavy atom. The van der Waals surface area contributed by atoms with Crippen molar-refractivity contribution in [2.75, 3.05) is 5.75 Å². The molecule has 0 aliphatic rings. The Bertz CT molecular complexity index is 636. The maximum atomic E-state index is 9.04. The molecule has 0 amide bonds. The zero-order valence-corrected chi connectivity index (χ0v) is 11.1. The molecule has 1 aromatic heterocycles. The lowest BCUT2D eigenvalue weighted by Crippen LogP contribution is -2.00. The second-order valence-corrected chi connectivity index (χ2v) is 5.04. The molecule has 0 saturated heterocycles. The molecule has 0 N–H and O–H groups in total. The van der Waals surface area contributed by atoms with E-state index in [2.05, 4.69) is 22.1 Å². The first-order valence-corrected chi connectivity index (χ1v) is 6.93. The van der Waals surface area contributed by atoms with Crippen molar-refractivity contribution in [3.8, 4) is 12.1 Å². The first-order valence-electron chi connectivity index (χ1n) is 5.94. The molecule has 0 radical (unpaired) electrons. The summed E-state index contributed by atoms with van der Waals surface area (Å²) in [5.74, 6) is 0.539. The van der Waals surface area contributed by atoms with E-state index in [9.17, 15) is 0 Å². The fraction of sp³-hybridized carbons (Fsp3) is 0.286. The Balaban J connectivity index is 2.10. The van der Waals surface area contributed by atoms with Gasteiger partial charge in [0.1, 0.15) is 11.4 Å². The lowest BCUT2D eigenvalue weighted by atomic mass is 10.1. The molecule has 0 aliphatic heterocycles. The number of nitrogens with zero attached hydrogens (tertiary/aromatic N) is 4. The molecule has 0 fully saturated rings. The SMILES string of the molecule is N#CCC[C@H](C#N)CSc1ncnc2ccccc12. The van der Waals surface area contributed by atoms with Gasteiger partial charge in [-0.05, 0) is 12.5 Å². The van der Waals surface area contributed by atoms with Gasteiger partial charge in [-0.25, -0.2) is 9.97 Å². The summed E-state index contributed by atoms with van der Waals surface area (Å²) in [6.45, 7) is 0. The van der Waals surface area contributed by atoms with Crippen molar-refractivity contribution in [2.45, 2.75) is 17.9 Å². The third kappa shape index (κ3) is 3.43. The second-order valence-electron chi connectivity index (χ2n) is 4.03. The van der Waals surface area contributed by atoms with Gasteiger partial charge in [-0.1, -0.05) is 18.2 Å². The van der Waals surface area contributed by atoms with Gasteiger partial charge >= 0.3 is 0 Å². The standard InChI is InChI=1S/C14H12N4S/c15-7-3-4-11(8-16)9-19-14-12-5-1-2-6-13(12)17-10-18-14/h1-2,5-6,10-11H,3-4,9H2/t11-/m1/s1. The highest BCUT2D eigenvalue weighted by Crippen LogP contribution is 2.26. The van der Waals surface area contributed by atoms with E-state index in [1.807, 2.05) is 24.3 Å². The predicted octanol–water partition coefficient (Wildman–Crippen LogP) is 3.17. The number of thioether (sulfide) groups is 1. The Morgan fingerprint density at radius 3 is 2.84 bits per heavy atom. The van der Waals surface area contributed by atoms with Crippen molar-refractivity contribution in [2.24, 2.45) is 5.92 Å². The van der Waals surface area contributed by atoms with Gasteiger partial charge in [-0.15, -0.1) is 11.8 Å². The molecule has 0 bridgehead atoms. The summed E-state index contributed by atoms with van der Waals surface area (Å²) < 4.78 is 0. The van der Waals surface area contributed by atoms with Gasteiger partial charge in [-0.2, -0.15) is 10.5 Å². The molecule has 1 heterocycles. The highest BCUT2D eigenvalue weighted by atomic mass is 32.2. The van der Waals surface area contributed by atoms with E-state index in [-0.39, 0.29) is 5.92 Å². The van der Waals surface area contributed by atoms with Crippen LogP contribution in [0.15, 0.2) is 35.6 Å². The maximum absolute atomic E-state index is 9.04. The van der Waals surface area contributed by atoms with Gasteiger partial charge in [0.2, 0.25) is 0 Å². The minimum Gasteiger partial charge on any atom is -0.236 e. The number of hydrogen-bond donors (Lipinski definition) is 0. The molecular weight excluding hydrogens is 256 g/mol. The minimum absolute atomic E-state index is 0.113. The average Bonchev–Trinajstić information content (AvgIpc) is 2.47. The smallest absolute Gasteiger partial charge is 0.117 e. The second kappa shape index (κ2) is 6.72. The molecule has 0 unspecified atom stereocenters. The summed E-state index contributed by atoms with van der Waals surface area (Å²) in [4.78, 5) is 8.48. The van der Waals surface area contributed by atoms with E-state index in [4.69, 9.17) is 10.5 Å². The van der Waals surface area contributed by atoms with Crippen molar-refractivity contribution < 1.29 is 0 Å². The Hall–Kier alpha value is -2.11. The van der Waals surface area contributed by atoms with Crippen LogP contribution in [0.2, 0.25) is 0 Å². The third-order valence-electron chi connectivity index (χ3n) is 2.71. The summed E-state index contributed by atoms with van der Waals surface area (Å²) in [6.07, 6.45) is 2.58. The van der Waals surface area contributed by atoms with Crippen molar-refractivity contribution >= 4 is 22.7 Å². The number of aromatic nitrogens is 2. The van der Waals surface area contributed by atoms with Gasteiger partial charge < -0.3 is 0 Å². The van der Waals surface area contributed by atoms with Gasteiger partial charge in [0.25, 0.3) is 0 Å². The molecule has 5 heteroatoms. The van der Waals surface area contributed by atoms with E-state index >= 15 is 0 Å². The van der Waals surface area contributed by atoms with Crippen LogP contribution in [-0.4, -0.2) is 15.7 Å². The normalized spacial score (nSPS) is 11.7. The molecule has 0 saturated carbocycles. The first kappa shape index (κ1) is 13.3.